The van der Waals surface area contributed by atoms with Gasteiger partial charge in [0.25, 0.3) is 0 Å². The maximum absolute atomic E-state index is 5.83. The lowest BCUT2D eigenvalue weighted by Gasteiger charge is -2.09. The second kappa shape index (κ2) is 4.24. The van der Waals surface area contributed by atoms with Crippen molar-refractivity contribution in [2.45, 2.75) is 6.92 Å². The van der Waals surface area contributed by atoms with E-state index in [1.54, 1.807) is 0 Å². The highest BCUT2D eigenvalue weighted by atomic mass is 32.1. The van der Waals surface area contributed by atoms with Crippen LogP contribution in [0, 0.1) is 6.92 Å². The molecule has 19 heavy (non-hydrogen) atoms. The van der Waals surface area contributed by atoms with Gasteiger partial charge in [-0.1, -0.05) is 0 Å². The van der Waals surface area contributed by atoms with E-state index in [0.717, 1.165) is 38.2 Å². The molecule has 0 spiro atoms. The first-order valence-electron chi connectivity index (χ1n) is 5.95. The van der Waals surface area contributed by atoms with Gasteiger partial charge in [0.15, 0.2) is 11.5 Å². The van der Waals surface area contributed by atoms with Gasteiger partial charge in [0.05, 0.1) is 15.4 Å². The quantitative estimate of drug-likeness (QED) is 0.753. The highest BCUT2D eigenvalue weighted by Gasteiger charge is 2.12. The van der Waals surface area contributed by atoms with Crippen LogP contribution in [0.4, 0.5) is 10.8 Å². The van der Waals surface area contributed by atoms with E-state index < -0.39 is 0 Å². The monoisotopic (exact) mass is 273 g/mol. The average molecular weight is 273 g/mol. The van der Waals surface area contributed by atoms with Crippen molar-refractivity contribution in [3.05, 3.63) is 23.8 Å². The molecule has 0 unspecified atom stereocenters. The summed E-state index contributed by atoms with van der Waals surface area (Å²) >= 11 is 1.54. The lowest BCUT2D eigenvalue weighted by molar-refractivity contribution is 1.08. The summed E-state index contributed by atoms with van der Waals surface area (Å²) in [6.07, 6.45) is 0. The maximum atomic E-state index is 5.83. The van der Waals surface area contributed by atoms with Crippen molar-refractivity contribution in [2.24, 2.45) is 0 Å². The zero-order valence-electron chi connectivity index (χ0n) is 11.1. The van der Waals surface area contributed by atoms with E-state index in [2.05, 4.69) is 15.0 Å². The van der Waals surface area contributed by atoms with E-state index in [-0.39, 0.29) is 0 Å². The molecular weight excluding hydrogens is 258 g/mol. The minimum absolute atomic E-state index is 0.729. The minimum Gasteiger partial charge on any atom is -0.391 e. The molecule has 98 valence electrons. The molecule has 0 aliphatic rings. The van der Waals surface area contributed by atoms with Crippen LogP contribution in [-0.4, -0.2) is 29.0 Å². The number of nitrogen functional groups attached to an aromatic ring is 1. The van der Waals surface area contributed by atoms with E-state index in [4.69, 9.17) is 5.73 Å². The lowest BCUT2D eigenvalue weighted by atomic mass is 10.3. The van der Waals surface area contributed by atoms with Gasteiger partial charge in [-0.05, 0) is 30.7 Å². The molecule has 0 bridgehead atoms. The van der Waals surface area contributed by atoms with Gasteiger partial charge in [0.2, 0.25) is 0 Å². The van der Waals surface area contributed by atoms with Gasteiger partial charge in [-0.25, -0.2) is 9.97 Å². The van der Waals surface area contributed by atoms with Gasteiger partial charge >= 0.3 is 0 Å². The number of thiophene rings is 1. The summed E-state index contributed by atoms with van der Waals surface area (Å²) in [4.78, 5) is 15.4. The van der Waals surface area contributed by atoms with Gasteiger partial charge in [-0.3, -0.25) is 0 Å². The third-order valence-corrected chi connectivity index (χ3v) is 4.01. The number of anilines is 2. The van der Waals surface area contributed by atoms with Gasteiger partial charge < -0.3 is 15.6 Å². The van der Waals surface area contributed by atoms with E-state index in [1.165, 1.54) is 11.3 Å². The Labute approximate surface area is 115 Å². The summed E-state index contributed by atoms with van der Waals surface area (Å²) in [5.41, 5.74) is 8.63. The first-order valence-corrected chi connectivity index (χ1v) is 6.76. The molecule has 6 heteroatoms. The van der Waals surface area contributed by atoms with E-state index in [9.17, 15) is 0 Å². The number of nitrogens with one attached hydrogen (secondary N) is 1. The molecule has 3 N–H and O–H groups in total. The Morgan fingerprint density at radius 2 is 2.05 bits per heavy atom. The largest absolute Gasteiger partial charge is 0.391 e. The number of aryl methyl sites for hydroxylation is 1. The number of aromatic amines is 1. The molecule has 0 saturated heterocycles. The number of hydrogen-bond donors (Lipinski definition) is 2. The molecule has 0 amide bonds. The molecule has 0 atom stereocenters. The molecule has 0 fully saturated rings. The van der Waals surface area contributed by atoms with Crippen LogP contribution < -0.4 is 10.6 Å². The predicted octanol–water partition coefficient (Wildman–Crippen LogP) is 2.64. The van der Waals surface area contributed by atoms with Crippen LogP contribution in [0.25, 0.3) is 21.9 Å². The number of aromatic nitrogens is 3. The van der Waals surface area contributed by atoms with Crippen LogP contribution in [0.5, 0.6) is 0 Å². The molecule has 0 aromatic carbocycles. The molecule has 3 rings (SSSR count). The van der Waals surface area contributed by atoms with Gasteiger partial charge in [-0.15, -0.1) is 11.3 Å². The van der Waals surface area contributed by atoms with Crippen molar-refractivity contribution in [3.8, 4) is 10.7 Å². The van der Waals surface area contributed by atoms with Crippen molar-refractivity contribution >= 4 is 33.3 Å². The molecule has 0 aliphatic heterocycles. The summed E-state index contributed by atoms with van der Waals surface area (Å²) in [6.45, 7) is 2.04. The summed E-state index contributed by atoms with van der Waals surface area (Å²) in [7, 11) is 3.93. The molecule has 0 radical (unpaired) electrons. The van der Waals surface area contributed by atoms with Gasteiger partial charge in [0.1, 0.15) is 5.82 Å². The van der Waals surface area contributed by atoms with E-state index in [0.29, 0.717) is 0 Å². The Morgan fingerprint density at radius 3 is 2.68 bits per heavy atom. The van der Waals surface area contributed by atoms with Gasteiger partial charge in [-0.2, -0.15) is 0 Å². The molecule has 0 saturated carbocycles. The molecule has 0 aliphatic carbocycles. The lowest BCUT2D eigenvalue weighted by Crippen LogP contribution is -2.10. The fraction of sp³-hybridized carbons (Fsp3) is 0.231. The Morgan fingerprint density at radius 1 is 1.26 bits per heavy atom. The average Bonchev–Trinajstić information content (AvgIpc) is 2.90. The number of rotatable bonds is 2. The SMILES string of the molecule is Cc1cc(N)sc1-c1nc2nc(N(C)C)ccc2[nH]1. The number of H-pyrrole nitrogens is 1. The summed E-state index contributed by atoms with van der Waals surface area (Å²) in [6, 6.07) is 5.94. The highest BCUT2D eigenvalue weighted by Crippen LogP contribution is 2.33. The standard InChI is InChI=1S/C13H15N5S/c1-7-6-9(14)19-11(7)13-15-8-4-5-10(18(2)3)16-12(8)17-13/h4-6H,14H2,1-3H3,(H,15,16,17). The molecule has 5 nitrogen and oxygen atoms in total. The third-order valence-electron chi connectivity index (χ3n) is 2.94. The maximum Gasteiger partial charge on any atom is 0.180 e. The van der Waals surface area contributed by atoms with Gasteiger partial charge in [0, 0.05) is 14.1 Å². The minimum atomic E-state index is 0.729. The Hall–Kier alpha value is -2.08. The Balaban J connectivity index is 2.14. The Bertz CT molecular complexity index is 741. The van der Waals surface area contributed by atoms with Crippen molar-refractivity contribution < 1.29 is 0 Å². The van der Waals surface area contributed by atoms with Crippen molar-refractivity contribution in [1.29, 1.82) is 0 Å². The Kier molecular flexibility index (Phi) is 2.67. The number of imidazole rings is 1. The smallest absolute Gasteiger partial charge is 0.180 e. The first kappa shape index (κ1) is 12.0. The summed E-state index contributed by atoms with van der Waals surface area (Å²) < 4.78 is 0. The number of nitrogens with zero attached hydrogens (tertiary/aromatic N) is 3. The van der Waals surface area contributed by atoms with Crippen LogP contribution in [0.2, 0.25) is 0 Å². The number of nitrogens with two attached hydrogens (primary N) is 1. The molecule has 3 aromatic rings. The normalized spacial score (nSPS) is 11.1. The fourth-order valence-corrected chi connectivity index (χ4v) is 2.87. The molecular formula is C13H15N5S. The van der Waals surface area contributed by atoms with Crippen LogP contribution >= 0.6 is 11.3 Å². The number of fused-ring (bicyclic) bond motifs is 1. The molecule has 3 aromatic heterocycles. The summed E-state index contributed by atoms with van der Waals surface area (Å²) in [5.74, 6) is 1.73. The highest BCUT2D eigenvalue weighted by molar-refractivity contribution is 7.19. The zero-order valence-corrected chi connectivity index (χ0v) is 11.9. The van der Waals surface area contributed by atoms with Crippen LogP contribution in [-0.2, 0) is 0 Å². The third kappa shape index (κ3) is 2.04. The van der Waals surface area contributed by atoms with Crippen molar-refractivity contribution in [1.82, 2.24) is 15.0 Å². The topological polar surface area (TPSA) is 70.8 Å². The van der Waals surface area contributed by atoms with Crippen LogP contribution in [0.1, 0.15) is 5.56 Å². The predicted molar refractivity (Wildman–Crippen MR) is 80.7 cm³/mol. The number of hydrogen-bond acceptors (Lipinski definition) is 5. The first-order chi connectivity index (χ1) is 9.04. The zero-order chi connectivity index (χ0) is 13.6. The molecule has 3 heterocycles. The second-order valence-corrected chi connectivity index (χ2v) is 5.77. The van der Waals surface area contributed by atoms with E-state index >= 15 is 0 Å². The second-order valence-electron chi connectivity index (χ2n) is 4.68. The summed E-state index contributed by atoms with van der Waals surface area (Å²) in [5, 5.41) is 0.801. The van der Waals surface area contributed by atoms with E-state index in [1.807, 2.05) is 44.1 Å². The number of pyridine rings is 1. The van der Waals surface area contributed by atoms with Crippen LogP contribution in [0.3, 0.4) is 0 Å². The fourth-order valence-electron chi connectivity index (χ4n) is 1.98. The van der Waals surface area contributed by atoms with Crippen LogP contribution in [0.15, 0.2) is 18.2 Å². The van der Waals surface area contributed by atoms with Crippen molar-refractivity contribution in [2.75, 3.05) is 24.7 Å². The van der Waals surface area contributed by atoms with Crippen molar-refractivity contribution in [3.63, 3.8) is 0 Å².